The average Bonchev–Trinajstić information content (AvgIpc) is 3.10. The van der Waals surface area contributed by atoms with Gasteiger partial charge in [-0.3, -0.25) is 9.97 Å². The molecular formula is C29H40N5O2Rb. The number of imidazole rings is 1. The summed E-state index contributed by atoms with van der Waals surface area (Å²) in [4.78, 5) is 24.4. The number of carbonyl (C=O) groups excluding carboxylic acids is 1. The fraction of sp³-hybridized carbons (Fsp3) is 0.552. The summed E-state index contributed by atoms with van der Waals surface area (Å²) in [5, 5.41) is 3.04. The first kappa shape index (κ1) is 30.4. The number of ether oxygens (including phenoxy) is 1. The Morgan fingerprint density at radius 2 is 1.86 bits per heavy atom. The minimum atomic E-state index is -0.498. The molecule has 3 heterocycles. The van der Waals surface area contributed by atoms with Crippen LogP contribution in [0.2, 0.25) is 0 Å². The molecule has 3 aromatic rings. The predicted octanol–water partition coefficient (Wildman–Crippen LogP) is 2.15. The largest absolute Gasteiger partial charge is 1.00 e. The number of benzene rings is 1. The van der Waals surface area contributed by atoms with E-state index in [1.165, 1.54) is 0 Å². The smallest absolute Gasteiger partial charge is 0.444 e. The van der Waals surface area contributed by atoms with E-state index in [9.17, 15) is 4.79 Å². The van der Waals surface area contributed by atoms with Crippen molar-refractivity contribution in [3.8, 4) is 0 Å². The molecule has 8 heteroatoms. The van der Waals surface area contributed by atoms with Crippen molar-refractivity contribution in [3.63, 3.8) is 0 Å². The molecular weight excluding hydrogens is 536 g/mol. The van der Waals surface area contributed by atoms with E-state index in [0.717, 1.165) is 67.1 Å². The van der Waals surface area contributed by atoms with Crippen LogP contribution in [0.3, 0.4) is 0 Å². The molecule has 2 aromatic heterocycles. The Kier molecular flexibility index (Phi) is 10.5. The number of hydrogen-bond donors (Lipinski definition) is 1. The van der Waals surface area contributed by atoms with Crippen LogP contribution in [0, 0.1) is 18.9 Å². The fourth-order valence-corrected chi connectivity index (χ4v) is 5.03. The summed E-state index contributed by atoms with van der Waals surface area (Å²) in [6.45, 7) is 15.3. The van der Waals surface area contributed by atoms with Gasteiger partial charge >= 0.3 is 64.3 Å². The second kappa shape index (κ2) is 12.8. The number of alkyl carbamates (subject to hydrolysis) is 1. The predicted molar refractivity (Wildman–Crippen MR) is 143 cm³/mol. The monoisotopic (exact) mass is 575 g/mol. The van der Waals surface area contributed by atoms with Crippen LogP contribution in [0.1, 0.15) is 64.7 Å². The van der Waals surface area contributed by atoms with Crippen molar-refractivity contribution in [2.24, 2.45) is 5.92 Å². The van der Waals surface area contributed by atoms with Crippen molar-refractivity contribution < 1.29 is 67.7 Å². The Labute approximate surface area is 270 Å². The molecule has 1 amide bonds. The third-order valence-electron chi connectivity index (χ3n) is 6.57. The van der Waals surface area contributed by atoms with Crippen molar-refractivity contribution >= 4 is 17.1 Å². The van der Waals surface area contributed by atoms with Crippen LogP contribution in [0.4, 0.5) is 4.79 Å². The number of piperidine rings is 1. The van der Waals surface area contributed by atoms with Gasteiger partial charge in [-0.25, -0.2) is 4.79 Å². The molecule has 37 heavy (non-hydrogen) atoms. The van der Waals surface area contributed by atoms with E-state index < -0.39 is 5.60 Å². The number of aromatic nitrogens is 3. The van der Waals surface area contributed by atoms with Crippen molar-refractivity contribution in [2.75, 3.05) is 19.6 Å². The fourth-order valence-electron chi connectivity index (χ4n) is 5.03. The molecule has 1 aliphatic rings. The Morgan fingerprint density at radius 3 is 2.54 bits per heavy atom. The maximum absolute atomic E-state index is 12.3. The van der Waals surface area contributed by atoms with Crippen molar-refractivity contribution in [1.29, 1.82) is 0 Å². The zero-order valence-corrected chi connectivity index (χ0v) is 28.5. The Hall–Kier alpha value is -1.12. The molecule has 1 aliphatic heterocycles. The van der Waals surface area contributed by atoms with Gasteiger partial charge in [-0.1, -0.05) is 6.07 Å². The zero-order chi connectivity index (χ0) is 25.9. The van der Waals surface area contributed by atoms with Crippen LogP contribution in [0.25, 0.3) is 11.0 Å². The van der Waals surface area contributed by atoms with Gasteiger partial charge in [-0.05, 0) is 96.6 Å². The number of carbonyl (C=O) groups is 1. The van der Waals surface area contributed by atoms with Gasteiger partial charge in [-0.15, -0.1) is 6.07 Å². The van der Waals surface area contributed by atoms with E-state index in [1.54, 1.807) is 0 Å². The molecule has 0 atom stereocenters. The molecule has 1 saturated heterocycles. The Balaban J connectivity index is 0.00000380. The van der Waals surface area contributed by atoms with Crippen molar-refractivity contribution in [2.45, 2.75) is 78.5 Å². The third-order valence-corrected chi connectivity index (χ3v) is 6.57. The van der Waals surface area contributed by atoms with E-state index in [4.69, 9.17) is 14.7 Å². The molecule has 0 bridgehead atoms. The first-order valence-corrected chi connectivity index (χ1v) is 13.0. The number of amides is 1. The van der Waals surface area contributed by atoms with E-state index in [1.807, 2.05) is 52.0 Å². The average molecular weight is 576 g/mol. The topological polar surface area (TPSA) is 72.3 Å². The van der Waals surface area contributed by atoms with Crippen LogP contribution in [0.15, 0.2) is 36.4 Å². The molecule has 0 spiro atoms. The van der Waals surface area contributed by atoms with Gasteiger partial charge in [0, 0.05) is 18.7 Å². The molecule has 0 aliphatic carbocycles. The van der Waals surface area contributed by atoms with Crippen LogP contribution < -0.4 is 63.5 Å². The second-order valence-corrected chi connectivity index (χ2v) is 11.7. The molecule has 0 unspecified atom stereocenters. The van der Waals surface area contributed by atoms with E-state index in [-0.39, 0.29) is 69.8 Å². The number of hydrogen-bond acceptors (Lipinski definition) is 5. The summed E-state index contributed by atoms with van der Waals surface area (Å²) in [5.74, 6) is 1.70. The minimum Gasteiger partial charge on any atom is -0.444 e. The van der Waals surface area contributed by atoms with E-state index >= 15 is 0 Å². The normalized spacial score (nSPS) is 15.4. The number of fused-ring (bicyclic) bond motifs is 1. The standard InChI is InChI=1S/C29H40N5O2.Rb/c1-21-10-9-11-23(30-21)19-34-25-13-8-7-12-24(25)31-26(34)18-22-14-16-33(17-15-22)20-29(5,6)32-27(35)36-28(2,3)4;/h7,9-13,22H,14-20H2,1-6H3,(H,32,35);/q-1;+1. The number of pyridine rings is 1. The number of nitrogens with zero attached hydrogens (tertiary/aromatic N) is 4. The van der Waals surface area contributed by atoms with Crippen LogP contribution in [0.5, 0.6) is 0 Å². The first-order chi connectivity index (χ1) is 17.0. The van der Waals surface area contributed by atoms with Gasteiger partial charge in [0.15, 0.2) is 0 Å². The number of likely N-dealkylation sites (tertiary alicyclic amines) is 1. The molecule has 1 N–H and O–H groups in total. The SMILES string of the molecule is Cc1cccc(Cn2c(CC3CCN(CC(C)(C)NC(=O)OC(C)(C)C)CC3)nc3cc[c-]cc32)n1.[Rb+]. The minimum absolute atomic E-state index is 0. The van der Waals surface area contributed by atoms with Gasteiger partial charge in [0.05, 0.1) is 23.6 Å². The van der Waals surface area contributed by atoms with Gasteiger partial charge in [0.2, 0.25) is 0 Å². The molecule has 0 saturated carbocycles. The first-order valence-electron chi connectivity index (χ1n) is 13.0. The van der Waals surface area contributed by atoms with E-state index in [0.29, 0.717) is 12.5 Å². The summed E-state index contributed by atoms with van der Waals surface area (Å²) in [6.07, 6.45) is 2.82. The van der Waals surface area contributed by atoms with Gasteiger partial charge in [0.1, 0.15) is 5.60 Å². The van der Waals surface area contributed by atoms with Crippen molar-refractivity contribution in [1.82, 2.24) is 24.8 Å². The number of aryl methyl sites for hydroxylation is 1. The summed E-state index contributed by atoms with van der Waals surface area (Å²) in [5.41, 5.74) is 3.35. The number of nitrogens with one attached hydrogen (secondary N) is 1. The Morgan fingerprint density at radius 1 is 1.14 bits per heavy atom. The van der Waals surface area contributed by atoms with Gasteiger partial charge in [-0.2, -0.15) is 18.2 Å². The summed E-state index contributed by atoms with van der Waals surface area (Å²) in [7, 11) is 0. The summed E-state index contributed by atoms with van der Waals surface area (Å²) in [6, 6.07) is 15.4. The maximum atomic E-state index is 12.3. The van der Waals surface area contributed by atoms with Gasteiger partial charge in [0.25, 0.3) is 0 Å². The summed E-state index contributed by atoms with van der Waals surface area (Å²) >= 11 is 0. The van der Waals surface area contributed by atoms with Gasteiger partial charge < -0.3 is 19.5 Å². The van der Waals surface area contributed by atoms with Crippen LogP contribution >= 0.6 is 0 Å². The quantitative estimate of drug-likeness (QED) is 0.437. The molecule has 7 nitrogen and oxygen atoms in total. The maximum Gasteiger partial charge on any atom is 1.00 e. The third kappa shape index (κ3) is 8.96. The zero-order valence-electron chi connectivity index (χ0n) is 23.6. The van der Waals surface area contributed by atoms with Crippen LogP contribution in [-0.4, -0.2) is 56.3 Å². The van der Waals surface area contributed by atoms with Crippen LogP contribution in [-0.2, 0) is 17.7 Å². The molecule has 1 fully saturated rings. The number of rotatable bonds is 7. The second-order valence-electron chi connectivity index (χ2n) is 11.7. The summed E-state index contributed by atoms with van der Waals surface area (Å²) < 4.78 is 7.76. The molecule has 0 radical (unpaired) electrons. The van der Waals surface area contributed by atoms with Crippen molar-refractivity contribution in [3.05, 3.63) is 59.7 Å². The molecule has 1 aromatic carbocycles. The van der Waals surface area contributed by atoms with E-state index in [2.05, 4.69) is 46.8 Å². The molecule has 194 valence electrons. The molecule has 4 rings (SSSR count). The Bertz CT molecular complexity index is 1190.